The molecule has 0 aliphatic heterocycles. The molecule has 0 aliphatic rings. The van der Waals surface area contributed by atoms with Crippen molar-refractivity contribution in [2.45, 2.75) is 116 Å². The highest BCUT2D eigenvalue weighted by molar-refractivity contribution is 6.05. The van der Waals surface area contributed by atoms with Crippen LogP contribution in [0.15, 0.2) is 42.5 Å². The Balaban J connectivity index is 1.64. The number of benzene rings is 2. The number of amides is 1. The maximum Gasteiger partial charge on any atom is 0.335 e. The molecule has 0 aliphatic carbocycles. The highest BCUT2D eigenvalue weighted by atomic mass is 16.5. The van der Waals surface area contributed by atoms with E-state index in [1.165, 1.54) is 95.2 Å². The van der Waals surface area contributed by atoms with Gasteiger partial charge >= 0.3 is 5.97 Å². The first-order valence-corrected chi connectivity index (χ1v) is 15.4. The van der Waals surface area contributed by atoms with Crippen molar-refractivity contribution in [3.05, 3.63) is 48.0 Å². The number of nitrogens with one attached hydrogen (secondary N) is 1. The van der Waals surface area contributed by atoms with Gasteiger partial charge < -0.3 is 19.9 Å². The highest BCUT2D eigenvalue weighted by Crippen LogP contribution is 2.32. The predicted octanol–water partition coefficient (Wildman–Crippen LogP) is 9.34. The Labute approximate surface area is 246 Å². The summed E-state index contributed by atoms with van der Waals surface area (Å²) >= 11 is 0. The van der Waals surface area contributed by atoms with Gasteiger partial charge in [-0.3, -0.25) is 9.59 Å². The van der Waals surface area contributed by atoms with Crippen molar-refractivity contribution >= 4 is 23.3 Å². The Morgan fingerprint density at radius 1 is 0.707 bits per heavy atom. The van der Waals surface area contributed by atoms with Gasteiger partial charge in [0, 0.05) is 6.42 Å². The summed E-state index contributed by atoms with van der Waals surface area (Å²) in [4.78, 5) is 36.4. The number of unbranched alkanes of at least 4 members (excludes halogenated alkanes) is 14. The molecular weight excluding hydrogens is 518 g/mol. The standard InChI is InChI=1S/C34H49NO6/c1-3-4-5-6-7-8-9-10-11-12-13-14-15-16-17-18-28(36)26-33(37)35-31-25-27(34(38)39)19-24-32(31)41-30-22-20-29(40-2)21-23-30/h19-25H,3-18,26H2,1-2H3,(H,35,37)(H,38,39). The number of ketones is 1. The van der Waals surface area contributed by atoms with E-state index in [2.05, 4.69) is 12.2 Å². The van der Waals surface area contributed by atoms with Gasteiger partial charge in [0.25, 0.3) is 0 Å². The van der Waals surface area contributed by atoms with E-state index in [1.54, 1.807) is 31.4 Å². The summed E-state index contributed by atoms with van der Waals surface area (Å²) in [6, 6.07) is 11.1. The molecule has 2 aromatic rings. The van der Waals surface area contributed by atoms with E-state index in [-0.39, 0.29) is 29.2 Å². The number of carbonyl (C=O) groups excluding carboxylic acids is 2. The average molecular weight is 568 g/mol. The van der Waals surface area contributed by atoms with Crippen molar-refractivity contribution in [3.8, 4) is 17.2 Å². The van der Waals surface area contributed by atoms with Gasteiger partial charge in [0.15, 0.2) is 5.75 Å². The highest BCUT2D eigenvalue weighted by Gasteiger charge is 2.15. The lowest BCUT2D eigenvalue weighted by molar-refractivity contribution is -0.125. The van der Waals surface area contributed by atoms with Crippen LogP contribution in [0.4, 0.5) is 5.69 Å². The second-order valence-electron chi connectivity index (χ2n) is 10.8. The van der Waals surface area contributed by atoms with Crippen LogP contribution in [0, 0.1) is 0 Å². The molecule has 41 heavy (non-hydrogen) atoms. The molecule has 0 saturated carbocycles. The second-order valence-corrected chi connectivity index (χ2v) is 10.8. The van der Waals surface area contributed by atoms with E-state index in [4.69, 9.17) is 9.47 Å². The van der Waals surface area contributed by atoms with E-state index in [9.17, 15) is 19.5 Å². The molecule has 2 N–H and O–H groups in total. The minimum absolute atomic E-state index is 0.00603. The summed E-state index contributed by atoms with van der Waals surface area (Å²) < 4.78 is 11.0. The molecule has 0 spiro atoms. The predicted molar refractivity (Wildman–Crippen MR) is 164 cm³/mol. The molecule has 0 bridgehead atoms. The van der Waals surface area contributed by atoms with Gasteiger partial charge in [0.2, 0.25) is 5.91 Å². The number of anilines is 1. The Morgan fingerprint density at radius 3 is 1.73 bits per heavy atom. The second kappa shape index (κ2) is 20.5. The Kier molecular flexibility index (Phi) is 16.9. The molecule has 0 radical (unpaired) electrons. The Hall–Kier alpha value is -3.35. The lowest BCUT2D eigenvalue weighted by Crippen LogP contribution is -2.17. The van der Waals surface area contributed by atoms with E-state index in [1.807, 2.05) is 0 Å². The Bertz CT molecular complexity index is 1050. The topological polar surface area (TPSA) is 102 Å². The van der Waals surface area contributed by atoms with Crippen LogP contribution in [0.3, 0.4) is 0 Å². The van der Waals surface area contributed by atoms with Crippen molar-refractivity contribution in [1.29, 1.82) is 0 Å². The smallest absolute Gasteiger partial charge is 0.335 e. The molecule has 0 saturated heterocycles. The van der Waals surface area contributed by atoms with Crippen LogP contribution in [0.2, 0.25) is 0 Å². The molecule has 0 fully saturated rings. The molecule has 0 atom stereocenters. The number of aromatic carboxylic acids is 1. The van der Waals surface area contributed by atoms with Gasteiger partial charge in [-0.15, -0.1) is 0 Å². The van der Waals surface area contributed by atoms with Crippen molar-refractivity contribution in [1.82, 2.24) is 0 Å². The number of Topliss-reactive ketones (excluding diaryl/α,β-unsaturated/α-hetero) is 1. The van der Waals surface area contributed by atoms with Crippen molar-refractivity contribution in [2.75, 3.05) is 12.4 Å². The summed E-state index contributed by atoms with van der Waals surface area (Å²) in [6.45, 7) is 2.26. The molecule has 0 aromatic heterocycles. The van der Waals surface area contributed by atoms with Crippen LogP contribution in [0.25, 0.3) is 0 Å². The normalized spacial score (nSPS) is 10.8. The molecule has 0 unspecified atom stereocenters. The molecular formula is C34H49NO6. The van der Waals surface area contributed by atoms with Gasteiger partial charge in [-0.05, 0) is 48.9 Å². The maximum absolute atomic E-state index is 12.6. The third kappa shape index (κ3) is 14.7. The zero-order chi connectivity index (χ0) is 29.7. The van der Waals surface area contributed by atoms with Crippen LogP contribution < -0.4 is 14.8 Å². The maximum atomic E-state index is 12.6. The number of rotatable bonds is 23. The number of ether oxygens (including phenoxy) is 2. The fourth-order valence-corrected chi connectivity index (χ4v) is 4.78. The fraction of sp³-hybridized carbons (Fsp3) is 0.559. The van der Waals surface area contributed by atoms with Crippen LogP contribution in [-0.2, 0) is 9.59 Å². The first-order chi connectivity index (χ1) is 19.9. The van der Waals surface area contributed by atoms with E-state index < -0.39 is 11.9 Å². The largest absolute Gasteiger partial charge is 0.497 e. The van der Waals surface area contributed by atoms with Crippen LogP contribution in [0.1, 0.15) is 126 Å². The molecule has 7 heteroatoms. The molecule has 2 rings (SSSR count). The first-order valence-electron chi connectivity index (χ1n) is 15.4. The summed E-state index contributed by atoms with van der Waals surface area (Å²) in [6.07, 6.45) is 19.0. The van der Waals surface area contributed by atoms with Gasteiger partial charge in [0.1, 0.15) is 17.3 Å². The number of carbonyl (C=O) groups is 3. The third-order valence-electron chi connectivity index (χ3n) is 7.20. The monoisotopic (exact) mass is 567 g/mol. The average Bonchev–Trinajstić information content (AvgIpc) is 2.96. The number of hydrogen-bond donors (Lipinski definition) is 2. The molecule has 226 valence electrons. The van der Waals surface area contributed by atoms with E-state index in [0.717, 1.165) is 19.3 Å². The minimum atomic E-state index is -1.12. The summed E-state index contributed by atoms with van der Waals surface area (Å²) in [5.74, 6) is -0.292. The third-order valence-corrected chi connectivity index (χ3v) is 7.20. The SMILES string of the molecule is CCCCCCCCCCCCCCCCCC(=O)CC(=O)Nc1cc(C(=O)O)ccc1Oc1ccc(OC)cc1. The van der Waals surface area contributed by atoms with E-state index in [0.29, 0.717) is 17.9 Å². The zero-order valence-corrected chi connectivity index (χ0v) is 25.1. The van der Waals surface area contributed by atoms with E-state index >= 15 is 0 Å². The minimum Gasteiger partial charge on any atom is -0.497 e. The molecule has 2 aromatic carbocycles. The first kappa shape index (κ1) is 33.9. The number of methoxy groups -OCH3 is 1. The number of carboxylic acid groups (broad SMARTS) is 1. The lowest BCUT2D eigenvalue weighted by Gasteiger charge is -2.13. The van der Waals surface area contributed by atoms with Gasteiger partial charge in [-0.2, -0.15) is 0 Å². The zero-order valence-electron chi connectivity index (χ0n) is 25.1. The Morgan fingerprint density at radius 2 is 1.22 bits per heavy atom. The van der Waals surface area contributed by atoms with Crippen molar-refractivity contribution in [3.63, 3.8) is 0 Å². The molecule has 1 amide bonds. The van der Waals surface area contributed by atoms with Gasteiger partial charge in [0.05, 0.1) is 24.8 Å². The lowest BCUT2D eigenvalue weighted by atomic mass is 10.0. The van der Waals surface area contributed by atoms with Crippen LogP contribution in [0.5, 0.6) is 17.2 Å². The van der Waals surface area contributed by atoms with Crippen molar-refractivity contribution < 1.29 is 29.0 Å². The number of hydrogen-bond acceptors (Lipinski definition) is 5. The quantitative estimate of drug-likeness (QED) is 0.102. The van der Waals surface area contributed by atoms with Crippen molar-refractivity contribution in [2.24, 2.45) is 0 Å². The summed E-state index contributed by atoms with van der Waals surface area (Å²) in [7, 11) is 1.56. The molecule has 0 heterocycles. The summed E-state index contributed by atoms with van der Waals surface area (Å²) in [5.41, 5.74) is 0.206. The van der Waals surface area contributed by atoms with Crippen LogP contribution in [-0.4, -0.2) is 29.9 Å². The molecule has 7 nitrogen and oxygen atoms in total. The van der Waals surface area contributed by atoms with Gasteiger partial charge in [-0.25, -0.2) is 4.79 Å². The number of carboxylic acids is 1. The summed E-state index contributed by atoms with van der Waals surface area (Å²) in [5, 5.41) is 12.0. The van der Waals surface area contributed by atoms with Gasteiger partial charge in [-0.1, -0.05) is 96.8 Å². The fourth-order valence-electron chi connectivity index (χ4n) is 4.78. The van der Waals surface area contributed by atoms with Crippen LogP contribution >= 0.6 is 0 Å².